The summed E-state index contributed by atoms with van der Waals surface area (Å²) in [4.78, 5) is 15.2. The number of morpholine rings is 1. The minimum Gasteiger partial charge on any atom is -0.379 e. The molecule has 1 aromatic heterocycles. The van der Waals surface area contributed by atoms with Crippen molar-refractivity contribution in [3.8, 4) is 0 Å². The lowest BCUT2D eigenvalue weighted by Crippen LogP contribution is -2.43. The van der Waals surface area contributed by atoms with Crippen molar-refractivity contribution in [2.24, 2.45) is 4.99 Å². The van der Waals surface area contributed by atoms with Gasteiger partial charge in [0.25, 0.3) is 0 Å². The van der Waals surface area contributed by atoms with E-state index >= 15 is 0 Å². The average molecular weight is 461 g/mol. The summed E-state index contributed by atoms with van der Waals surface area (Å²) >= 11 is 1.71. The zero-order chi connectivity index (χ0) is 22.9. The van der Waals surface area contributed by atoms with Gasteiger partial charge in [0.05, 0.1) is 24.4 Å². The van der Waals surface area contributed by atoms with Crippen LogP contribution in [0.15, 0.2) is 46.4 Å². The first-order valence-corrected chi connectivity index (χ1v) is 12.6. The second-order valence-electron chi connectivity index (χ2n) is 9.14. The lowest BCUT2D eigenvalue weighted by atomic mass is 10.0. The van der Waals surface area contributed by atoms with Crippen LogP contribution in [0.25, 0.3) is 10.9 Å². The molecule has 3 aromatic rings. The van der Waals surface area contributed by atoms with Crippen molar-refractivity contribution in [1.29, 1.82) is 0 Å². The summed E-state index contributed by atoms with van der Waals surface area (Å²) in [6.45, 7) is 15.1. The van der Waals surface area contributed by atoms with E-state index in [2.05, 4.69) is 73.9 Å². The summed E-state index contributed by atoms with van der Waals surface area (Å²) in [6.07, 6.45) is 0. The van der Waals surface area contributed by atoms with E-state index in [9.17, 15) is 0 Å². The Morgan fingerprint density at radius 3 is 2.58 bits per heavy atom. The van der Waals surface area contributed by atoms with E-state index in [1.807, 2.05) is 0 Å². The largest absolute Gasteiger partial charge is 0.379 e. The van der Waals surface area contributed by atoms with E-state index in [-0.39, 0.29) is 0 Å². The van der Waals surface area contributed by atoms with Gasteiger partial charge >= 0.3 is 0 Å². The highest BCUT2D eigenvalue weighted by molar-refractivity contribution is 8.13. The molecule has 0 radical (unpaired) electrons. The first kappa shape index (κ1) is 22.4. The predicted molar refractivity (Wildman–Crippen MR) is 138 cm³/mol. The molecule has 0 atom stereocenters. The van der Waals surface area contributed by atoms with Crippen molar-refractivity contribution in [1.82, 2.24) is 14.8 Å². The van der Waals surface area contributed by atoms with Gasteiger partial charge in [0, 0.05) is 43.7 Å². The Bertz CT molecular complexity index is 1220. The van der Waals surface area contributed by atoms with Gasteiger partial charge in [0.1, 0.15) is 5.03 Å². The molecular formula is C27H32N4OS. The van der Waals surface area contributed by atoms with Gasteiger partial charge in [-0.15, -0.1) is 0 Å². The van der Waals surface area contributed by atoms with Gasteiger partial charge in [0.2, 0.25) is 0 Å². The molecule has 0 unspecified atom stereocenters. The molecule has 0 aliphatic carbocycles. The summed E-state index contributed by atoms with van der Waals surface area (Å²) in [5.74, 6) is 0. The number of aryl methyl sites for hydroxylation is 3. The molecule has 6 heteroatoms. The zero-order valence-corrected chi connectivity index (χ0v) is 20.8. The van der Waals surface area contributed by atoms with E-state index < -0.39 is 0 Å². The number of pyridine rings is 1. The number of aliphatic imine (C=N–C) groups is 1. The van der Waals surface area contributed by atoms with Gasteiger partial charge in [0.15, 0.2) is 5.17 Å². The molecule has 1 saturated heterocycles. The maximum absolute atomic E-state index is 5.53. The van der Waals surface area contributed by atoms with Crippen LogP contribution in [-0.4, -0.2) is 59.3 Å². The molecule has 33 heavy (non-hydrogen) atoms. The van der Waals surface area contributed by atoms with Gasteiger partial charge in [-0.25, -0.2) is 9.98 Å². The Labute approximate surface area is 200 Å². The topological polar surface area (TPSA) is 41.0 Å². The molecule has 3 heterocycles. The lowest BCUT2D eigenvalue weighted by molar-refractivity contribution is 0.0358. The molecule has 0 bridgehead atoms. The van der Waals surface area contributed by atoms with Gasteiger partial charge < -0.3 is 9.64 Å². The predicted octanol–water partition coefficient (Wildman–Crippen LogP) is 5.40. The maximum Gasteiger partial charge on any atom is 0.171 e. The highest BCUT2D eigenvalue weighted by Crippen LogP contribution is 2.36. The van der Waals surface area contributed by atoms with Crippen molar-refractivity contribution in [2.75, 3.05) is 39.4 Å². The average Bonchev–Trinajstić information content (AvgIpc) is 2.83. The molecular weight excluding hydrogens is 428 g/mol. The molecule has 0 spiro atoms. The third-order valence-electron chi connectivity index (χ3n) is 6.85. The van der Waals surface area contributed by atoms with E-state index in [1.165, 1.54) is 33.2 Å². The van der Waals surface area contributed by atoms with Gasteiger partial charge in [-0.2, -0.15) is 0 Å². The highest BCUT2D eigenvalue weighted by atomic mass is 32.2. The molecule has 0 saturated carbocycles. The van der Waals surface area contributed by atoms with Crippen LogP contribution in [0.3, 0.4) is 0 Å². The zero-order valence-electron chi connectivity index (χ0n) is 20.0. The number of hydrogen-bond acceptors (Lipinski definition) is 5. The van der Waals surface area contributed by atoms with Crippen LogP contribution in [0.2, 0.25) is 0 Å². The second kappa shape index (κ2) is 9.45. The molecule has 5 rings (SSSR count). The number of ether oxygens (including phenoxy) is 1. The van der Waals surface area contributed by atoms with Gasteiger partial charge in [-0.05, 0) is 73.8 Å². The fourth-order valence-electron chi connectivity index (χ4n) is 4.50. The van der Waals surface area contributed by atoms with Crippen LogP contribution >= 0.6 is 11.8 Å². The van der Waals surface area contributed by atoms with Gasteiger partial charge in [-0.3, -0.25) is 4.90 Å². The number of fused-ring (bicyclic) bond motifs is 2. The smallest absolute Gasteiger partial charge is 0.171 e. The first-order valence-electron chi connectivity index (χ1n) is 11.8. The molecule has 2 aliphatic heterocycles. The monoisotopic (exact) mass is 460 g/mol. The quantitative estimate of drug-likeness (QED) is 0.522. The Morgan fingerprint density at radius 1 is 0.970 bits per heavy atom. The van der Waals surface area contributed by atoms with E-state index in [0.717, 1.165) is 67.3 Å². The summed E-state index contributed by atoms with van der Waals surface area (Å²) in [5, 5.41) is 3.39. The van der Waals surface area contributed by atoms with Crippen LogP contribution in [0.4, 0.5) is 5.69 Å². The molecule has 0 N–H and O–H groups in total. The minimum absolute atomic E-state index is 0.829. The molecule has 0 amide bonds. The standard InChI is InChI=1S/C27H32N4OS/c1-18-6-5-7-24(21(18)4)28-27-31(11-10-30-12-14-32-15-13-30)17-22-16-23-19(2)8-9-20(3)25(23)29-26(22)33-27/h5-9,16H,10-15,17H2,1-4H3. The number of thioether (sulfide) groups is 1. The number of nitrogens with zero attached hydrogens (tertiary/aromatic N) is 4. The maximum atomic E-state index is 5.53. The number of aromatic nitrogens is 1. The number of rotatable bonds is 4. The normalized spacial score (nSPS) is 18.2. The molecule has 2 aliphatic rings. The molecule has 172 valence electrons. The van der Waals surface area contributed by atoms with Crippen molar-refractivity contribution >= 4 is 33.5 Å². The number of benzene rings is 2. The third-order valence-corrected chi connectivity index (χ3v) is 7.92. The van der Waals surface area contributed by atoms with Gasteiger partial charge in [-0.1, -0.05) is 24.3 Å². The molecule has 2 aromatic carbocycles. The number of amidine groups is 1. The van der Waals surface area contributed by atoms with E-state index in [0.29, 0.717) is 0 Å². The van der Waals surface area contributed by atoms with Crippen molar-refractivity contribution in [3.63, 3.8) is 0 Å². The van der Waals surface area contributed by atoms with Crippen molar-refractivity contribution < 1.29 is 4.74 Å². The van der Waals surface area contributed by atoms with Crippen LogP contribution in [0.1, 0.15) is 27.8 Å². The second-order valence-corrected chi connectivity index (χ2v) is 10.1. The van der Waals surface area contributed by atoms with Crippen LogP contribution in [0, 0.1) is 27.7 Å². The highest BCUT2D eigenvalue weighted by Gasteiger charge is 2.26. The summed E-state index contributed by atoms with van der Waals surface area (Å²) < 4.78 is 5.53. The van der Waals surface area contributed by atoms with E-state index in [1.54, 1.807) is 11.8 Å². The summed E-state index contributed by atoms with van der Waals surface area (Å²) in [6, 6.07) is 13.1. The SMILES string of the molecule is Cc1cccc(N=C2Sc3nc4c(C)ccc(C)c4cc3CN2CCN2CCOCC2)c1C. The van der Waals surface area contributed by atoms with Crippen LogP contribution in [0.5, 0.6) is 0 Å². The van der Waals surface area contributed by atoms with Crippen molar-refractivity contribution in [2.45, 2.75) is 39.3 Å². The Kier molecular flexibility index (Phi) is 6.41. The fourth-order valence-corrected chi connectivity index (χ4v) is 5.49. The fraction of sp³-hybridized carbons (Fsp3) is 0.407. The minimum atomic E-state index is 0.829. The summed E-state index contributed by atoms with van der Waals surface area (Å²) in [7, 11) is 0. The third kappa shape index (κ3) is 4.65. The Balaban J connectivity index is 1.52. The first-order chi connectivity index (χ1) is 16.0. The lowest BCUT2D eigenvalue weighted by Gasteiger charge is -2.34. The molecule has 5 nitrogen and oxygen atoms in total. The Morgan fingerprint density at radius 2 is 1.76 bits per heavy atom. The Hall–Kier alpha value is -2.41. The van der Waals surface area contributed by atoms with Crippen molar-refractivity contribution in [3.05, 3.63) is 64.2 Å². The van der Waals surface area contributed by atoms with Crippen LogP contribution in [-0.2, 0) is 11.3 Å². The number of hydrogen-bond donors (Lipinski definition) is 0. The van der Waals surface area contributed by atoms with E-state index in [4.69, 9.17) is 14.7 Å². The van der Waals surface area contributed by atoms with Crippen LogP contribution < -0.4 is 0 Å². The summed E-state index contributed by atoms with van der Waals surface area (Å²) in [5.41, 5.74) is 8.46. The molecule has 1 fully saturated rings.